The highest BCUT2D eigenvalue weighted by atomic mass is 16.4. The van der Waals surface area contributed by atoms with Crippen molar-refractivity contribution in [2.75, 3.05) is 6.54 Å². The van der Waals surface area contributed by atoms with Crippen LogP contribution in [-0.2, 0) is 4.79 Å². The minimum absolute atomic E-state index is 0.367. The largest absolute Gasteiger partial charge is 0.480 e. The molecule has 4 heteroatoms. The standard InChI is InChI=1S/C11H21NO3/c1-10(2,9(13)14)12-8-11(15)6-4-3-5-7-11/h12,15H,3-8H2,1-2H3,(H,13,14). The summed E-state index contributed by atoms with van der Waals surface area (Å²) in [4.78, 5) is 10.9. The second-order valence-corrected chi connectivity index (χ2v) is 5.07. The number of nitrogens with one attached hydrogen (secondary N) is 1. The molecule has 3 N–H and O–H groups in total. The van der Waals surface area contributed by atoms with Gasteiger partial charge >= 0.3 is 5.97 Å². The van der Waals surface area contributed by atoms with E-state index in [4.69, 9.17) is 5.11 Å². The molecule has 0 aromatic heterocycles. The third kappa shape index (κ3) is 3.47. The van der Waals surface area contributed by atoms with Crippen molar-refractivity contribution in [2.24, 2.45) is 0 Å². The molecule has 0 unspecified atom stereocenters. The van der Waals surface area contributed by atoms with Gasteiger partial charge in [-0.25, -0.2) is 0 Å². The first-order chi connectivity index (χ1) is 6.86. The van der Waals surface area contributed by atoms with E-state index in [1.807, 2.05) is 0 Å². The summed E-state index contributed by atoms with van der Waals surface area (Å²) in [5.41, 5.74) is -1.67. The van der Waals surface area contributed by atoms with Crippen molar-refractivity contribution in [3.8, 4) is 0 Å². The minimum Gasteiger partial charge on any atom is -0.480 e. The molecule has 0 heterocycles. The van der Waals surface area contributed by atoms with E-state index in [-0.39, 0.29) is 0 Å². The number of carboxylic acid groups (broad SMARTS) is 1. The summed E-state index contributed by atoms with van der Waals surface area (Å²) in [6, 6.07) is 0. The number of hydrogen-bond donors (Lipinski definition) is 3. The Morgan fingerprint density at radius 3 is 2.33 bits per heavy atom. The molecule has 1 rings (SSSR count). The average molecular weight is 215 g/mol. The summed E-state index contributed by atoms with van der Waals surface area (Å²) in [7, 11) is 0. The van der Waals surface area contributed by atoms with Gasteiger partial charge in [0, 0.05) is 6.54 Å². The molecule has 0 bridgehead atoms. The molecule has 1 aliphatic carbocycles. The zero-order valence-corrected chi connectivity index (χ0v) is 9.55. The Morgan fingerprint density at radius 1 is 1.33 bits per heavy atom. The highest BCUT2D eigenvalue weighted by Gasteiger charge is 2.33. The molecule has 1 saturated carbocycles. The summed E-state index contributed by atoms with van der Waals surface area (Å²) in [5, 5.41) is 22.0. The second kappa shape index (κ2) is 4.49. The predicted octanol–water partition coefficient (Wildman–Crippen LogP) is 1.13. The summed E-state index contributed by atoms with van der Waals surface area (Å²) in [6.45, 7) is 3.59. The Kier molecular flexibility index (Phi) is 3.73. The molecule has 0 saturated heterocycles. The number of hydrogen-bond acceptors (Lipinski definition) is 3. The fourth-order valence-electron chi connectivity index (χ4n) is 1.85. The van der Waals surface area contributed by atoms with Gasteiger partial charge in [-0.15, -0.1) is 0 Å². The van der Waals surface area contributed by atoms with Crippen molar-refractivity contribution in [3.05, 3.63) is 0 Å². The van der Waals surface area contributed by atoms with Gasteiger partial charge in [0.25, 0.3) is 0 Å². The van der Waals surface area contributed by atoms with Crippen LogP contribution in [0, 0.1) is 0 Å². The quantitative estimate of drug-likeness (QED) is 0.657. The van der Waals surface area contributed by atoms with Gasteiger partial charge in [0.2, 0.25) is 0 Å². The van der Waals surface area contributed by atoms with Gasteiger partial charge < -0.3 is 10.2 Å². The molecule has 0 atom stereocenters. The van der Waals surface area contributed by atoms with Crippen molar-refractivity contribution in [3.63, 3.8) is 0 Å². The maximum Gasteiger partial charge on any atom is 0.323 e. The van der Waals surface area contributed by atoms with Gasteiger partial charge in [0.15, 0.2) is 0 Å². The van der Waals surface area contributed by atoms with Crippen LogP contribution in [0.2, 0.25) is 0 Å². The normalized spacial score (nSPS) is 21.3. The van der Waals surface area contributed by atoms with Crippen LogP contribution in [0.1, 0.15) is 46.0 Å². The van der Waals surface area contributed by atoms with Crippen LogP contribution in [0.25, 0.3) is 0 Å². The molecule has 1 aliphatic rings. The Labute approximate surface area is 90.7 Å². The van der Waals surface area contributed by atoms with Crippen LogP contribution < -0.4 is 5.32 Å². The monoisotopic (exact) mass is 215 g/mol. The average Bonchev–Trinajstić information content (AvgIpc) is 2.16. The van der Waals surface area contributed by atoms with E-state index in [0.717, 1.165) is 25.7 Å². The molecule has 88 valence electrons. The van der Waals surface area contributed by atoms with Crippen LogP contribution in [0.3, 0.4) is 0 Å². The van der Waals surface area contributed by atoms with E-state index in [1.165, 1.54) is 6.42 Å². The highest BCUT2D eigenvalue weighted by Crippen LogP contribution is 2.27. The minimum atomic E-state index is -0.965. The molecule has 4 nitrogen and oxygen atoms in total. The smallest absolute Gasteiger partial charge is 0.323 e. The molecule has 0 aliphatic heterocycles. The summed E-state index contributed by atoms with van der Waals surface area (Å²) < 4.78 is 0. The zero-order valence-electron chi connectivity index (χ0n) is 9.55. The first-order valence-electron chi connectivity index (χ1n) is 5.57. The number of rotatable bonds is 4. The van der Waals surface area contributed by atoms with Crippen molar-refractivity contribution < 1.29 is 15.0 Å². The van der Waals surface area contributed by atoms with E-state index in [0.29, 0.717) is 6.54 Å². The summed E-state index contributed by atoms with van der Waals surface area (Å²) >= 11 is 0. The number of aliphatic carboxylic acids is 1. The topological polar surface area (TPSA) is 69.6 Å². The van der Waals surface area contributed by atoms with Crippen LogP contribution in [0.4, 0.5) is 0 Å². The number of β-amino-alcohol motifs (C(OH)–C–C–N with tert-alkyl or cyclic N) is 1. The molecule has 15 heavy (non-hydrogen) atoms. The zero-order chi connectivity index (χ0) is 11.5. The van der Waals surface area contributed by atoms with E-state index in [2.05, 4.69) is 5.32 Å². The lowest BCUT2D eigenvalue weighted by Crippen LogP contribution is -2.53. The maximum absolute atomic E-state index is 10.9. The first kappa shape index (κ1) is 12.5. The molecular weight excluding hydrogens is 194 g/mol. The third-order valence-corrected chi connectivity index (χ3v) is 3.18. The van der Waals surface area contributed by atoms with Crippen LogP contribution in [0.5, 0.6) is 0 Å². The molecular formula is C11H21NO3. The maximum atomic E-state index is 10.9. The lowest BCUT2D eigenvalue weighted by molar-refractivity contribution is -0.143. The Bertz CT molecular complexity index is 232. The SMILES string of the molecule is CC(C)(NCC1(O)CCCCC1)C(=O)O. The lowest BCUT2D eigenvalue weighted by atomic mass is 9.84. The van der Waals surface area contributed by atoms with Gasteiger partial charge in [0.1, 0.15) is 5.54 Å². The lowest BCUT2D eigenvalue weighted by Gasteiger charge is -2.35. The van der Waals surface area contributed by atoms with Crippen LogP contribution >= 0.6 is 0 Å². The predicted molar refractivity (Wildman–Crippen MR) is 57.8 cm³/mol. The van der Waals surface area contributed by atoms with E-state index in [1.54, 1.807) is 13.8 Å². The van der Waals surface area contributed by atoms with Crippen molar-refractivity contribution >= 4 is 5.97 Å². The fourth-order valence-corrected chi connectivity index (χ4v) is 1.85. The Morgan fingerprint density at radius 2 is 1.87 bits per heavy atom. The van der Waals surface area contributed by atoms with E-state index >= 15 is 0 Å². The van der Waals surface area contributed by atoms with Crippen LogP contribution in [-0.4, -0.2) is 33.9 Å². The molecule has 0 radical (unpaired) electrons. The molecule has 0 amide bonds. The molecule has 1 fully saturated rings. The fraction of sp³-hybridized carbons (Fsp3) is 0.909. The summed E-state index contributed by atoms with van der Waals surface area (Å²) in [5.74, 6) is -0.887. The van der Waals surface area contributed by atoms with Gasteiger partial charge in [0.05, 0.1) is 5.60 Å². The van der Waals surface area contributed by atoms with E-state index < -0.39 is 17.1 Å². The Hall–Kier alpha value is -0.610. The summed E-state index contributed by atoms with van der Waals surface area (Å²) in [6.07, 6.45) is 4.79. The van der Waals surface area contributed by atoms with Crippen LogP contribution in [0.15, 0.2) is 0 Å². The number of aliphatic hydroxyl groups is 1. The van der Waals surface area contributed by atoms with E-state index in [9.17, 15) is 9.90 Å². The third-order valence-electron chi connectivity index (χ3n) is 3.18. The van der Waals surface area contributed by atoms with Crippen molar-refractivity contribution in [1.29, 1.82) is 0 Å². The molecule has 0 aromatic carbocycles. The molecule has 0 spiro atoms. The second-order valence-electron chi connectivity index (χ2n) is 5.07. The van der Waals surface area contributed by atoms with Gasteiger partial charge in [-0.3, -0.25) is 10.1 Å². The van der Waals surface area contributed by atoms with Gasteiger partial charge in [-0.05, 0) is 26.7 Å². The molecule has 0 aromatic rings. The highest BCUT2D eigenvalue weighted by molar-refractivity contribution is 5.77. The van der Waals surface area contributed by atoms with Crippen molar-refractivity contribution in [2.45, 2.75) is 57.1 Å². The first-order valence-corrected chi connectivity index (χ1v) is 5.57. The number of carboxylic acids is 1. The van der Waals surface area contributed by atoms with Gasteiger partial charge in [-0.2, -0.15) is 0 Å². The number of carbonyl (C=O) groups is 1. The Balaban J connectivity index is 2.44. The van der Waals surface area contributed by atoms with Gasteiger partial charge in [-0.1, -0.05) is 19.3 Å². The van der Waals surface area contributed by atoms with Crippen molar-refractivity contribution in [1.82, 2.24) is 5.32 Å².